The number of nitrogens with zero attached hydrogens (tertiary/aromatic N) is 3. The highest BCUT2D eigenvalue weighted by atomic mass is 79.9. The molecule has 0 spiro atoms. The SMILES string of the molecule is C[C@@H]1CN(CCN(C)c2ncc(Cl)cc2Br)C[C@H](C)O1. The average molecular weight is 363 g/mol. The van der Waals surface area contributed by atoms with Gasteiger partial charge in [0.15, 0.2) is 0 Å². The van der Waals surface area contributed by atoms with Gasteiger partial charge in [0.2, 0.25) is 0 Å². The topological polar surface area (TPSA) is 28.6 Å². The largest absolute Gasteiger partial charge is 0.373 e. The molecule has 1 fully saturated rings. The van der Waals surface area contributed by atoms with E-state index >= 15 is 0 Å². The number of aromatic nitrogens is 1. The van der Waals surface area contributed by atoms with Gasteiger partial charge < -0.3 is 9.64 Å². The van der Waals surface area contributed by atoms with E-state index in [9.17, 15) is 0 Å². The Morgan fingerprint density at radius 1 is 1.45 bits per heavy atom. The zero-order valence-corrected chi connectivity index (χ0v) is 14.5. The first kappa shape index (κ1) is 16.0. The van der Waals surface area contributed by atoms with Crippen LogP contribution in [-0.2, 0) is 4.74 Å². The van der Waals surface area contributed by atoms with Crippen molar-refractivity contribution in [2.75, 3.05) is 38.1 Å². The molecule has 0 unspecified atom stereocenters. The number of pyridine rings is 1. The number of likely N-dealkylation sites (N-methyl/N-ethyl adjacent to an activating group) is 1. The number of rotatable bonds is 4. The number of hydrogen-bond donors (Lipinski definition) is 0. The molecule has 1 saturated heterocycles. The molecule has 0 amide bonds. The third kappa shape index (κ3) is 4.32. The van der Waals surface area contributed by atoms with Crippen molar-refractivity contribution >= 4 is 33.3 Å². The van der Waals surface area contributed by atoms with Gasteiger partial charge >= 0.3 is 0 Å². The maximum absolute atomic E-state index is 5.92. The highest BCUT2D eigenvalue weighted by molar-refractivity contribution is 9.10. The highest BCUT2D eigenvalue weighted by Gasteiger charge is 2.22. The van der Waals surface area contributed by atoms with E-state index in [1.165, 1.54) is 0 Å². The summed E-state index contributed by atoms with van der Waals surface area (Å²) in [5.74, 6) is 0.920. The van der Waals surface area contributed by atoms with Crippen LogP contribution in [0.4, 0.5) is 5.82 Å². The molecule has 0 aliphatic carbocycles. The highest BCUT2D eigenvalue weighted by Crippen LogP contribution is 2.25. The van der Waals surface area contributed by atoms with Gasteiger partial charge in [-0.2, -0.15) is 0 Å². The van der Waals surface area contributed by atoms with E-state index in [0.717, 1.165) is 36.5 Å². The molecule has 0 saturated carbocycles. The second-order valence-corrected chi connectivity index (χ2v) is 6.69. The van der Waals surface area contributed by atoms with Crippen molar-refractivity contribution in [3.05, 3.63) is 21.8 Å². The molecule has 1 aliphatic heterocycles. The summed E-state index contributed by atoms with van der Waals surface area (Å²) in [6.07, 6.45) is 2.30. The molecular formula is C14H21BrClN3O. The molecule has 2 rings (SSSR count). The maximum Gasteiger partial charge on any atom is 0.142 e. The van der Waals surface area contributed by atoms with E-state index in [4.69, 9.17) is 16.3 Å². The lowest BCUT2D eigenvalue weighted by molar-refractivity contribution is -0.0670. The third-order valence-corrected chi connectivity index (χ3v) is 4.19. The monoisotopic (exact) mass is 361 g/mol. The first-order valence-corrected chi connectivity index (χ1v) is 8.03. The molecule has 0 N–H and O–H groups in total. The fourth-order valence-corrected chi connectivity index (χ4v) is 3.49. The van der Waals surface area contributed by atoms with E-state index in [1.54, 1.807) is 6.20 Å². The summed E-state index contributed by atoms with van der Waals surface area (Å²) in [5.41, 5.74) is 0. The second kappa shape index (κ2) is 7.07. The van der Waals surface area contributed by atoms with Gasteiger partial charge in [-0.1, -0.05) is 11.6 Å². The average Bonchev–Trinajstić information content (AvgIpc) is 2.35. The van der Waals surface area contributed by atoms with Crippen molar-refractivity contribution in [2.24, 2.45) is 0 Å². The van der Waals surface area contributed by atoms with Crippen LogP contribution in [0.2, 0.25) is 5.02 Å². The number of ether oxygens (including phenoxy) is 1. The number of morpholine rings is 1. The molecule has 20 heavy (non-hydrogen) atoms. The van der Waals surface area contributed by atoms with Gasteiger partial charge in [0.25, 0.3) is 0 Å². The predicted molar refractivity (Wildman–Crippen MR) is 86.7 cm³/mol. The molecule has 2 atom stereocenters. The summed E-state index contributed by atoms with van der Waals surface area (Å²) in [7, 11) is 2.05. The van der Waals surface area contributed by atoms with Crippen LogP contribution in [0.25, 0.3) is 0 Å². The van der Waals surface area contributed by atoms with Crippen LogP contribution in [0.3, 0.4) is 0 Å². The smallest absolute Gasteiger partial charge is 0.142 e. The Balaban J connectivity index is 1.90. The molecule has 6 heteroatoms. The zero-order chi connectivity index (χ0) is 14.7. The van der Waals surface area contributed by atoms with Crippen molar-refractivity contribution in [2.45, 2.75) is 26.1 Å². The molecule has 112 valence electrons. The Morgan fingerprint density at radius 2 is 2.10 bits per heavy atom. The molecule has 4 nitrogen and oxygen atoms in total. The minimum atomic E-state index is 0.310. The lowest BCUT2D eigenvalue weighted by Gasteiger charge is -2.36. The minimum Gasteiger partial charge on any atom is -0.373 e. The van der Waals surface area contributed by atoms with E-state index in [0.29, 0.717) is 17.2 Å². The summed E-state index contributed by atoms with van der Waals surface area (Å²) in [5, 5.41) is 0.643. The summed E-state index contributed by atoms with van der Waals surface area (Å²) in [6.45, 7) is 8.17. The van der Waals surface area contributed by atoms with Crippen molar-refractivity contribution < 1.29 is 4.74 Å². The number of anilines is 1. The molecule has 1 aliphatic rings. The lowest BCUT2D eigenvalue weighted by Crippen LogP contribution is -2.47. The van der Waals surface area contributed by atoms with Crippen LogP contribution in [0.15, 0.2) is 16.7 Å². The van der Waals surface area contributed by atoms with E-state index in [-0.39, 0.29) is 0 Å². The number of halogens is 2. The standard InChI is InChI=1S/C14H21BrClN3O/c1-10-8-19(9-11(2)20-10)5-4-18(3)14-13(15)6-12(16)7-17-14/h6-7,10-11H,4-5,8-9H2,1-3H3/t10-,11+. The summed E-state index contributed by atoms with van der Waals surface area (Å²) >= 11 is 9.43. The molecule has 1 aromatic heterocycles. The second-order valence-electron chi connectivity index (χ2n) is 5.40. The normalized spacial score (nSPS) is 23.9. The fraction of sp³-hybridized carbons (Fsp3) is 0.643. The molecule has 2 heterocycles. The van der Waals surface area contributed by atoms with E-state index in [2.05, 4.69) is 44.6 Å². The Kier molecular flexibility index (Phi) is 5.66. The van der Waals surface area contributed by atoms with Gasteiger partial charge in [0.05, 0.1) is 21.7 Å². The van der Waals surface area contributed by atoms with Gasteiger partial charge in [0, 0.05) is 39.4 Å². The van der Waals surface area contributed by atoms with Crippen molar-refractivity contribution in [1.82, 2.24) is 9.88 Å². The summed E-state index contributed by atoms with van der Waals surface area (Å²) in [4.78, 5) is 8.96. The predicted octanol–water partition coefficient (Wildman–Crippen LogP) is 3.04. The van der Waals surface area contributed by atoms with Crippen molar-refractivity contribution in [3.63, 3.8) is 0 Å². The number of hydrogen-bond acceptors (Lipinski definition) is 4. The minimum absolute atomic E-state index is 0.310. The Hall–Kier alpha value is -0.360. The zero-order valence-electron chi connectivity index (χ0n) is 12.1. The van der Waals surface area contributed by atoms with Crippen LogP contribution in [0.5, 0.6) is 0 Å². The lowest BCUT2D eigenvalue weighted by atomic mass is 10.2. The van der Waals surface area contributed by atoms with Gasteiger partial charge in [-0.25, -0.2) is 4.98 Å². The summed E-state index contributed by atoms with van der Waals surface area (Å²) < 4.78 is 6.68. The Bertz CT molecular complexity index is 450. The van der Waals surface area contributed by atoms with Crippen molar-refractivity contribution in [3.8, 4) is 0 Å². The summed E-state index contributed by atoms with van der Waals surface area (Å²) in [6, 6.07) is 1.87. The molecule has 0 bridgehead atoms. The van der Waals surface area contributed by atoms with Gasteiger partial charge in [-0.15, -0.1) is 0 Å². The van der Waals surface area contributed by atoms with Crippen LogP contribution in [0, 0.1) is 0 Å². The maximum atomic E-state index is 5.92. The first-order chi connectivity index (χ1) is 9.45. The van der Waals surface area contributed by atoms with Crippen LogP contribution in [0.1, 0.15) is 13.8 Å². The molecule has 1 aromatic rings. The van der Waals surface area contributed by atoms with Gasteiger partial charge in [-0.05, 0) is 35.8 Å². The molecule has 0 radical (unpaired) electrons. The quantitative estimate of drug-likeness (QED) is 0.823. The molecular weight excluding hydrogens is 342 g/mol. The fourth-order valence-electron chi connectivity index (χ4n) is 2.55. The van der Waals surface area contributed by atoms with Crippen molar-refractivity contribution in [1.29, 1.82) is 0 Å². The van der Waals surface area contributed by atoms with Gasteiger partial charge in [-0.3, -0.25) is 4.90 Å². The van der Waals surface area contributed by atoms with E-state index < -0.39 is 0 Å². The van der Waals surface area contributed by atoms with E-state index in [1.807, 2.05) is 13.1 Å². The van der Waals surface area contributed by atoms with Crippen LogP contribution < -0.4 is 4.90 Å². The first-order valence-electron chi connectivity index (χ1n) is 6.85. The van der Waals surface area contributed by atoms with Crippen LogP contribution >= 0.6 is 27.5 Å². The van der Waals surface area contributed by atoms with Gasteiger partial charge in [0.1, 0.15) is 5.82 Å². The Morgan fingerprint density at radius 3 is 2.70 bits per heavy atom. The van der Waals surface area contributed by atoms with Crippen LogP contribution in [-0.4, -0.2) is 55.3 Å². The Labute approximate surface area is 134 Å². The molecule has 0 aromatic carbocycles. The third-order valence-electron chi connectivity index (χ3n) is 3.40.